The number of aliphatic imine (C=N–C) groups is 1. The highest BCUT2D eigenvalue weighted by molar-refractivity contribution is 14.0. The maximum atomic E-state index is 11.4. The number of rotatable bonds is 6. The number of nitrogens with one attached hydrogen (secondary N) is 1. The van der Waals surface area contributed by atoms with Gasteiger partial charge < -0.3 is 20.5 Å². The minimum Gasteiger partial charge on any atom is -0.465 e. The fraction of sp³-hybridized carbons (Fsp3) is 0.429. The third-order valence-electron chi connectivity index (χ3n) is 2.59. The number of guanidine groups is 1. The van der Waals surface area contributed by atoms with E-state index in [-0.39, 0.29) is 36.0 Å². The molecule has 0 spiro atoms. The second-order valence-electron chi connectivity index (χ2n) is 4.39. The van der Waals surface area contributed by atoms with Gasteiger partial charge in [-0.25, -0.2) is 9.79 Å². The summed E-state index contributed by atoms with van der Waals surface area (Å²) in [6.07, 6.45) is 0. The van der Waals surface area contributed by atoms with Crippen LogP contribution in [0.1, 0.15) is 22.8 Å². The van der Waals surface area contributed by atoms with E-state index in [1.54, 1.807) is 25.3 Å². The van der Waals surface area contributed by atoms with Gasteiger partial charge in [0.2, 0.25) is 0 Å². The van der Waals surface area contributed by atoms with Crippen molar-refractivity contribution in [3.05, 3.63) is 35.4 Å². The van der Waals surface area contributed by atoms with Crippen LogP contribution >= 0.6 is 24.0 Å². The Hall–Kier alpha value is -1.35. The molecule has 1 aromatic carbocycles. The Labute approximate surface area is 142 Å². The predicted octanol–water partition coefficient (Wildman–Crippen LogP) is 1.53. The van der Waals surface area contributed by atoms with Gasteiger partial charge >= 0.3 is 5.97 Å². The summed E-state index contributed by atoms with van der Waals surface area (Å²) >= 11 is 0. The highest BCUT2D eigenvalue weighted by Crippen LogP contribution is 2.07. The van der Waals surface area contributed by atoms with Gasteiger partial charge in [0, 0.05) is 13.2 Å². The predicted molar refractivity (Wildman–Crippen MR) is 93.0 cm³/mol. The molecule has 0 saturated carbocycles. The van der Waals surface area contributed by atoms with Crippen LogP contribution in [0.15, 0.2) is 29.3 Å². The number of esters is 1. The van der Waals surface area contributed by atoms with Gasteiger partial charge in [-0.2, -0.15) is 0 Å². The molecule has 6 nitrogen and oxygen atoms in total. The lowest BCUT2D eigenvalue weighted by Crippen LogP contribution is -2.40. The lowest BCUT2D eigenvalue weighted by Gasteiger charge is -2.13. The summed E-state index contributed by atoms with van der Waals surface area (Å²) in [6, 6.07) is 7.18. The van der Waals surface area contributed by atoms with Crippen molar-refractivity contribution in [1.29, 1.82) is 0 Å². The minimum absolute atomic E-state index is 0. The van der Waals surface area contributed by atoms with Crippen molar-refractivity contribution in [2.24, 2.45) is 10.7 Å². The third kappa shape index (κ3) is 7.28. The first kappa shape index (κ1) is 19.7. The Bertz CT molecular complexity index is 480. The number of carbonyl (C=O) groups is 1. The minimum atomic E-state index is -0.365. The monoisotopic (exact) mass is 407 g/mol. The molecular weight excluding hydrogens is 385 g/mol. The Morgan fingerprint density at radius 2 is 2.14 bits per heavy atom. The van der Waals surface area contributed by atoms with Crippen LogP contribution in [0.25, 0.3) is 0 Å². The third-order valence-corrected chi connectivity index (χ3v) is 2.59. The van der Waals surface area contributed by atoms with Crippen LogP contribution in [0, 0.1) is 0 Å². The first-order valence-electron chi connectivity index (χ1n) is 6.29. The zero-order valence-corrected chi connectivity index (χ0v) is 14.8. The quantitative estimate of drug-likeness (QED) is 0.323. The molecule has 0 heterocycles. The van der Waals surface area contributed by atoms with Crippen LogP contribution in [0.5, 0.6) is 0 Å². The smallest absolute Gasteiger partial charge is 0.337 e. The van der Waals surface area contributed by atoms with Crippen molar-refractivity contribution < 1.29 is 14.3 Å². The van der Waals surface area contributed by atoms with E-state index in [4.69, 9.17) is 10.5 Å². The fourth-order valence-corrected chi connectivity index (χ4v) is 1.68. The molecule has 21 heavy (non-hydrogen) atoms. The molecule has 7 heteroatoms. The number of hydrogen-bond donors (Lipinski definition) is 2. The molecule has 118 valence electrons. The van der Waals surface area contributed by atoms with Gasteiger partial charge in [-0.1, -0.05) is 12.1 Å². The average Bonchev–Trinajstić information content (AvgIpc) is 2.44. The Morgan fingerprint density at radius 1 is 1.43 bits per heavy atom. The van der Waals surface area contributed by atoms with Gasteiger partial charge in [0.1, 0.15) is 0 Å². The molecule has 1 aromatic rings. The normalized spacial score (nSPS) is 12.2. The second kappa shape index (κ2) is 10.4. The maximum absolute atomic E-state index is 11.4. The zero-order chi connectivity index (χ0) is 15.0. The van der Waals surface area contributed by atoms with E-state index in [2.05, 4.69) is 15.0 Å². The lowest BCUT2D eigenvalue weighted by atomic mass is 10.1. The maximum Gasteiger partial charge on any atom is 0.337 e. The largest absolute Gasteiger partial charge is 0.465 e. The summed E-state index contributed by atoms with van der Waals surface area (Å²) in [7, 11) is 2.98. The van der Waals surface area contributed by atoms with E-state index < -0.39 is 0 Å². The van der Waals surface area contributed by atoms with E-state index in [1.807, 2.05) is 13.0 Å². The number of benzene rings is 1. The molecule has 0 radical (unpaired) electrons. The molecule has 0 amide bonds. The summed E-state index contributed by atoms with van der Waals surface area (Å²) in [5, 5.41) is 3.01. The Balaban J connectivity index is 0.00000400. The topological polar surface area (TPSA) is 85.9 Å². The first-order chi connectivity index (χ1) is 9.56. The number of ether oxygens (including phenoxy) is 2. The number of nitrogens with zero attached hydrogens (tertiary/aromatic N) is 1. The summed E-state index contributed by atoms with van der Waals surface area (Å²) in [5.74, 6) is -0.0198. The van der Waals surface area contributed by atoms with E-state index >= 15 is 0 Å². The van der Waals surface area contributed by atoms with Gasteiger partial charge in [0.15, 0.2) is 5.96 Å². The molecule has 1 unspecified atom stereocenters. The molecule has 0 aliphatic rings. The Morgan fingerprint density at radius 3 is 2.76 bits per heavy atom. The van der Waals surface area contributed by atoms with Crippen molar-refractivity contribution in [3.8, 4) is 0 Å². The second-order valence-corrected chi connectivity index (χ2v) is 4.39. The molecule has 3 N–H and O–H groups in total. The number of halogens is 1. The molecule has 0 fully saturated rings. The van der Waals surface area contributed by atoms with Crippen molar-refractivity contribution in [2.45, 2.75) is 19.5 Å². The van der Waals surface area contributed by atoms with E-state index in [9.17, 15) is 4.79 Å². The van der Waals surface area contributed by atoms with Crippen molar-refractivity contribution in [2.75, 3.05) is 20.8 Å². The molecule has 0 aliphatic carbocycles. The summed E-state index contributed by atoms with van der Waals surface area (Å²) in [5.41, 5.74) is 7.15. The van der Waals surface area contributed by atoms with Crippen molar-refractivity contribution in [3.63, 3.8) is 0 Å². The summed E-state index contributed by atoms with van der Waals surface area (Å²) in [6.45, 7) is 2.89. The van der Waals surface area contributed by atoms with Gasteiger partial charge in [0.05, 0.1) is 25.8 Å². The molecule has 0 aromatic heterocycles. The molecule has 0 aliphatic heterocycles. The fourth-order valence-electron chi connectivity index (χ4n) is 1.68. The number of hydrogen-bond acceptors (Lipinski definition) is 4. The van der Waals surface area contributed by atoms with Crippen LogP contribution in [-0.4, -0.2) is 38.8 Å². The molecule has 1 rings (SSSR count). The van der Waals surface area contributed by atoms with Gasteiger partial charge in [-0.05, 0) is 24.6 Å². The van der Waals surface area contributed by atoms with Gasteiger partial charge in [-0.15, -0.1) is 24.0 Å². The van der Waals surface area contributed by atoms with E-state index in [0.717, 1.165) is 5.56 Å². The SMILES string of the molecule is COCC(C)NC(N)=NCc1cccc(C(=O)OC)c1.I. The van der Waals surface area contributed by atoms with Crippen LogP contribution in [0.4, 0.5) is 0 Å². The summed E-state index contributed by atoms with van der Waals surface area (Å²) in [4.78, 5) is 15.6. The number of nitrogens with two attached hydrogens (primary N) is 1. The van der Waals surface area contributed by atoms with Crippen molar-refractivity contribution in [1.82, 2.24) is 5.32 Å². The van der Waals surface area contributed by atoms with E-state index in [1.165, 1.54) is 7.11 Å². The Kier molecular flexibility index (Phi) is 9.72. The summed E-state index contributed by atoms with van der Waals surface area (Å²) < 4.78 is 9.67. The first-order valence-corrected chi connectivity index (χ1v) is 6.29. The highest BCUT2D eigenvalue weighted by Gasteiger charge is 2.05. The van der Waals surface area contributed by atoms with Gasteiger partial charge in [0.25, 0.3) is 0 Å². The number of methoxy groups -OCH3 is 2. The molecule has 0 saturated heterocycles. The molecule has 0 bridgehead atoms. The zero-order valence-electron chi connectivity index (χ0n) is 12.5. The van der Waals surface area contributed by atoms with Crippen molar-refractivity contribution >= 4 is 35.9 Å². The average molecular weight is 407 g/mol. The molecule has 1 atom stereocenters. The lowest BCUT2D eigenvalue weighted by molar-refractivity contribution is 0.0600. The molecular formula is C14H22IN3O3. The number of carbonyl (C=O) groups excluding carboxylic acids is 1. The van der Waals surface area contributed by atoms with Crippen LogP contribution in [0.2, 0.25) is 0 Å². The highest BCUT2D eigenvalue weighted by atomic mass is 127. The van der Waals surface area contributed by atoms with Crippen LogP contribution in [-0.2, 0) is 16.0 Å². The van der Waals surface area contributed by atoms with Crippen LogP contribution in [0.3, 0.4) is 0 Å². The standard InChI is InChI=1S/C14H21N3O3.HI/c1-10(9-19-2)17-14(15)16-8-11-5-4-6-12(7-11)13(18)20-3;/h4-7,10H,8-9H2,1-3H3,(H3,15,16,17);1H. The van der Waals surface area contributed by atoms with Gasteiger partial charge in [-0.3, -0.25) is 0 Å². The van der Waals surface area contributed by atoms with Crippen LogP contribution < -0.4 is 11.1 Å². The van der Waals surface area contributed by atoms with E-state index in [0.29, 0.717) is 24.7 Å².